The monoisotopic (exact) mass is 427 g/mol. The lowest BCUT2D eigenvalue weighted by molar-refractivity contribution is 0.288. The molecule has 0 aliphatic rings. The molecule has 0 aliphatic heterocycles. The van der Waals surface area contributed by atoms with Crippen LogP contribution in [-0.2, 0) is 6.54 Å². The van der Waals surface area contributed by atoms with E-state index in [-0.39, 0.29) is 5.43 Å². The van der Waals surface area contributed by atoms with Crippen molar-refractivity contribution in [2.75, 3.05) is 26.4 Å². The molecule has 6 heteroatoms. The van der Waals surface area contributed by atoms with Gasteiger partial charge in [0.25, 0.3) is 0 Å². The molecule has 31 heavy (non-hydrogen) atoms. The Balaban J connectivity index is 2.42. The SMILES string of the molecule is CCCCn1c2cc(OCC)c(OCC)cc2c(=O)c2cc(OCC)c(OCC)cc21. The van der Waals surface area contributed by atoms with Gasteiger partial charge in [0.1, 0.15) is 0 Å². The number of unbranched alkanes of at least 4 members (excludes halogenated alkanes) is 1. The van der Waals surface area contributed by atoms with Crippen molar-refractivity contribution in [1.82, 2.24) is 4.57 Å². The molecule has 0 saturated heterocycles. The van der Waals surface area contributed by atoms with Crippen molar-refractivity contribution in [3.05, 3.63) is 34.5 Å². The number of rotatable bonds is 11. The van der Waals surface area contributed by atoms with E-state index >= 15 is 0 Å². The number of benzene rings is 2. The highest BCUT2D eigenvalue weighted by Crippen LogP contribution is 2.36. The number of aryl methyl sites for hydroxylation is 1. The summed E-state index contributed by atoms with van der Waals surface area (Å²) in [5, 5.41) is 1.23. The normalized spacial score (nSPS) is 11.1. The molecular formula is C25H33NO5. The Bertz CT molecular complexity index is 1020. The highest BCUT2D eigenvalue weighted by atomic mass is 16.5. The number of ether oxygens (including phenoxy) is 4. The van der Waals surface area contributed by atoms with Crippen LogP contribution in [0, 0.1) is 0 Å². The summed E-state index contributed by atoms with van der Waals surface area (Å²) in [4.78, 5) is 13.6. The average Bonchev–Trinajstić information content (AvgIpc) is 2.76. The second-order valence-corrected chi connectivity index (χ2v) is 7.20. The average molecular weight is 428 g/mol. The summed E-state index contributed by atoms with van der Waals surface area (Å²) in [6.45, 7) is 12.7. The van der Waals surface area contributed by atoms with Crippen molar-refractivity contribution in [2.45, 2.75) is 54.0 Å². The quantitative estimate of drug-likeness (QED) is 0.376. The lowest BCUT2D eigenvalue weighted by Gasteiger charge is -2.20. The highest BCUT2D eigenvalue weighted by Gasteiger charge is 2.18. The first-order chi connectivity index (χ1) is 15.1. The summed E-state index contributed by atoms with van der Waals surface area (Å²) in [5.41, 5.74) is 1.62. The fourth-order valence-corrected chi connectivity index (χ4v) is 3.81. The van der Waals surface area contributed by atoms with Crippen LogP contribution >= 0.6 is 0 Å². The number of nitrogens with zero attached hydrogens (tertiary/aromatic N) is 1. The smallest absolute Gasteiger partial charge is 0.197 e. The Labute approximate surface area is 183 Å². The molecule has 0 radical (unpaired) electrons. The first-order valence-corrected chi connectivity index (χ1v) is 11.3. The van der Waals surface area contributed by atoms with Gasteiger partial charge in [0.15, 0.2) is 28.4 Å². The molecule has 2 aromatic carbocycles. The van der Waals surface area contributed by atoms with Crippen LogP contribution in [0.15, 0.2) is 29.1 Å². The summed E-state index contributed by atoms with van der Waals surface area (Å²) < 4.78 is 25.4. The fourth-order valence-electron chi connectivity index (χ4n) is 3.81. The molecule has 6 nitrogen and oxygen atoms in total. The van der Waals surface area contributed by atoms with Gasteiger partial charge in [-0.25, -0.2) is 0 Å². The van der Waals surface area contributed by atoms with Crippen LogP contribution in [0.4, 0.5) is 0 Å². The predicted molar refractivity (Wildman–Crippen MR) is 125 cm³/mol. The Morgan fingerprint density at radius 2 is 1.03 bits per heavy atom. The van der Waals surface area contributed by atoms with E-state index in [0.717, 1.165) is 30.4 Å². The van der Waals surface area contributed by atoms with Crippen LogP contribution in [-0.4, -0.2) is 31.0 Å². The van der Waals surface area contributed by atoms with Gasteiger partial charge >= 0.3 is 0 Å². The number of pyridine rings is 1. The van der Waals surface area contributed by atoms with E-state index in [0.29, 0.717) is 60.2 Å². The first-order valence-electron chi connectivity index (χ1n) is 11.3. The van der Waals surface area contributed by atoms with E-state index < -0.39 is 0 Å². The Hall–Kier alpha value is -2.89. The van der Waals surface area contributed by atoms with Crippen molar-refractivity contribution in [2.24, 2.45) is 0 Å². The van der Waals surface area contributed by atoms with Crippen LogP contribution in [0.3, 0.4) is 0 Å². The van der Waals surface area contributed by atoms with E-state index in [1.807, 2.05) is 52.0 Å². The van der Waals surface area contributed by atoms with Crippen molar-refractivity contribution in [1.29, 1.82) is 0 Å². The second kappa shape index (κ2) is 10.4. The van der Waals surface area contributed by atoms with E-state index in [4.69, 9.17) is 18.9 Å². The zero-order valence-electron chi connectivity index (χ0n) is 19.2. The van der Waals surface area contributed by atoms with Gasteiger partial charge in [-0.05, 0) is 46.2 Å². The number of fused-ring (bicyclic) bond motifs is 2. The van der Waals surface area contributed by atoms with Crippen molar-refractivity contribution >= 4 is 21.8 Å². The summed E-state index contributed by atoms with van der Waals surface area (Å²) in [6.07, 6.45) is 2.03. The lowest BCUT2D eigenvalue weighted by Crippen LogP contribution is -2.13. The van der Waals surface area contributed by atoms with Crippen molar-refractivity contribution < 1.29 is 18.9 Å². The van der Waals surface area contributed by atoms with Crippen LogP contribution < -0.4 is 24.4 Å². The molecule has 3 rings (SSSR count). The van der Waals surface area contributed by atoms with Crippen molar-refractivity contribution in [3.8, 4) is 23.0 Å². The van der Waals surface area contributed by atoms with E-state index in [1.54, 1.807) is 0 Å². The molecule has 0 unspecified atom stereocenters. The van der Waals surface area contributed by atoms with E-state index in [9.17, 15) is 4.79 Å². The van der Waals surface area contributed by atoms with Gasteiger partial charge in [0.2, 0.25) is 0 Å². The van der Waals surface area contributed by atoms with Gasteiger partial charge in [0.05, 0.1) is 48.2 Å². The van der Waals surface area contributed by atoms with Gasteiger partial charge in [-0.3, -0.25) is 4.79 Å². The molecular weight excluding hydrogens is 394 g/mol. The summed E-state index contributed by atoms with van der Waals surface area (Å²) >= 11 is 0. The van der Waals surface area contributed by atoms with Gasteiger partial charge in [-0.2, -0.15) is 0 Å². The maximum atomic E-state index is 13.6. The van der Waals surface area contributed by atoms with Crippen LogP contribution in [0.1, 0.15) is 47.5 Å². The number of aromatic nitrogens is 1. The highest BCUT2D eigenvalue weighted by molar-refractivity contribution is 5.96. The third kappa shape index (κ3) is 4.58. The molecule has 0 atom stereocenters. The molecule has 0 bridgehead atoms. The molecule has 0 fully saturated rings. The van der Waals surface area contributed by atoms with Gasteiger partial charge in [0, 0.05) is 18.7 Å². The molecule has 0 aliphatic carbocycles. The van der Waals surface area contributed by atoms with E-state index in [1.165, 1.54) is 0 Å². The first kappa shape index (κ1) is 22.8. The maximum absolute atomic E-state index is 13.6. The number of hydrogen-bond donors (Lipinski definition) is 0. The predicted octanol–water partition coefficient (Wildman–Crippen LogP) is 5.55. The minimum Gasteiger partial charge on any atom is -0.490 e. The Kier molecular flexibility index (Phi) is 7.66. The fraction of sp³-hybridized carbons (Fsp3) is 0.480. The Morgan fingerprint density at radius 3 is 1.39 bits per heavy atom. The molecule has 1 aromatic heterocycles. The molecule has 0 N–H and O–H groups in total. The molecule has 3 aromatic rings. The Morgan fingerprint density at radius 1 is 0.645 bits per heavy atom. The van der Waals surface area contributed by atoms with Crippen molar-refractivity contribution in [3.63, 3.8) is 0 Å². The summed E-state index contributed by atoms with van der Waals surface area (Å²) in [5.74, 6) is 2.48. The molecule has 1 heterocycles. The molecule has 0 amide bonds. The topological polar surface area (TPSA) is 58.9 Å². The standard InChI is InChI=1S/C25H33NO5/c1-6-11-12-26-19-15-23(30-9-4)21(28-7-2)13-17(19)25(27)18-14-22(29-8-3)24(31-10-5)16-20(18)26/h13-16H,6-12H2,1-5H3. The van der Waals surface area contributed by atoms with Gasteiger partial charge in [-0.1, -0.05) is 13.3 Å². The van der Waals surface area contributed by atoms with Crippen LogP contribution in [0.25, 0.3) is 21.8 Å². The summed E-state index contributed by atoms with van der Waals surface area (Å²) in [7, 11) is 0. The van der Waals surface area contributed by atoms with Gasteiger partial charge < -0.3 is 23.5 Å². The number of hydrogen-bond acceptors (Lipinski definition) is 5. The van der Waals surface area contributed by atoms with Crippen LogP contribution in [0.2, 0.25) is 0 Å². The zero-order valence-corrected chi connectivity index (χ0v) is 19.2. The molecule has 168 valence electrons. The minimum atomic E-state index is -0.0502. The largest absolute Gasteiger partial charge is 0.490 e. The maximum Gasteiger partial charge on any atom is 0.197 e. The van der Waals surface area contributed by atoms with Crippen LogP contribution in [0.5, 0.6) is 23.0 Å². The lowest BCUT2D eigenvalue weighted by atomic mass is 10.1. The third-order valence-corrected chi connectivity index (χ3v) is 5.13. The van der Waals surface area contributed by atoms with E-state index in [2.05, 4.69) is 11.5 Å². The molecule has 0 saturated carbocycles. The van der Waals surface area contributed by atoms with Gasteiger partial charge in [-0.15, -0.1) is 0 Å². The minimum absolute atomic E-state index is 0.0502. The second-order valence-electron chi connectivity index (χ2n) is 7.20. The zero-order chi connectivity index (χ0) is 22.4. The molecule has 0 spiro atoms. The third-order valence-electron chi connectivity index (χ3n) is 5.13. The summed E-state index contributed by atoms with van der Waals surface area (Å²) in [6, 6.07) is 7.48.